The molecule has 0 spiro atoms. The van der Waals surface area contributed by atoms with Crippen molar-refractivity contribution in [1.82, 2.24) is 19.7 Å². The summed E-state index contributed by atoms with van der Waals surface area (Å²) in [5.74, 6) is -0.0877. The molecule has 0 saturated heterocycles. The van der Waals surface area contributed by atoms with E-state index in [1.54, 1.807) is 22.7 Å². The molecule has 0 aliphatic rings. The number of rotatable bonds is 4. The lowest BCUT2D eigenvalue weighted by Crippen LogP contribution is -2.26. The number of anilines is 1. The van der Waals surface area contributed by atoms with Crippen molar-refractivity contribution >= 4 is 17.0 Å². The van der Waals surface area contributed by atoms with Gasteiger partial charge in [0.2, 0.25) is 5.95 Å². The molecule has 3 rings (SSSR count). The van der Waals surface area contributed by atoms with Crippen LogP contribution in [0.25, 0.3) is 11.0 Å². The number of benzene rings is 1. The molecule has 7 nitrogen and oxygen atoms in total. The molecule has 0 fully saturated rings. The van der Waals surface area contributed by atoms with E-state index in [1.807, 2.05) is 20.8 Å². The van der Waals surface area contributed by atoms with E-state index in [0.717, 1.165) is 0 Å². The van der Waals surface area contributed by atoms with Crippen LogP contribution >= 0.6 is 0 Å². The summed E-state index contributed by atoms with van der Waals surface area (Å²) in [6, 6.07) is 5.83. The zero-order chi connectivity index (χ0) is 20.7. The van der Waals surface area contributed by atoms with Crippen LogP contribution in [0.3, 0.4) is 0 Å². The lowest BCUT2D eigenvalue weighted by atomic mass is 10.1. The number of alkyl halides is 3. The van der Waals surface area contributed by atoms with Crippen molar-refractivity contribution in [2.45, 2.75) is 39.2 Å². The van der Waals surface area contributed by atoms with Gasteiger partial charge in [0, 0.05) is 19.2 Å². The Labute approximate surface area is 158 Å². The number of fused-ring (bicyclic) bond motifs is 1. The molecule has 0 aliphatic heterocycles. The van der Waals surface area contributed by atoms with Gasteiger partial charge in [-0.1, -0.05) is 18.2 Å². The molecule has 10 heteroatoms. The van der Waals surface area contributed by atoms with E-state index >= 15 is 0 Å². The van der Waals surface area contributed by atoms with E-state index in [9.17, 15) is 18.0 Å². The van der Waals surface area contributed by atoms with Crippen LogP contribution in [0.2, 0.25) is 0 Å². The van der Waals surface area contributed by atoms with Gasteiger partial charge in [-0.25, -0.2) is 4.68 Å². The molecule has 0 amide bonds. The fourth-order valence-corrected chi connectivity index (χ4v) is 2.77. The van der Waals surface area contributed by atoms with Gasteiger partial charge in [0.15, 0.2) is 5.65 Å². The Hall–Kier alpha value is -3.04. The molecule has 2 heterocycles. The monoisotopic (exact) mass is 395 g/mol. The van der Waals surface area contributed by atoms with Crippen LogP contribution < -0.4 is 15.2 Å². The summed E-state index contributed by atoms with van der Waals surface area (Å²) in [5.41, 5.74) is -0.0690. The molecular formula is C18H20F3N5O2. The zero-order valence-corrected chi connectivity index (χ0v) is 15.8. The number of para-hydroxylation sites is 1. The van der Waals surface area contributed by atoms with Crippen LogP contribution in [0, 0.1) is 0 Å². The third-order valence-corrected chi connectivity index (χ3v) is 4.03. The molecule has 3 aromatic rings. The number of hydrogen-bond acceptors (Lipinski definition) is 5. The second kappa shape index (κ2) is 6.84. The van der Waals surface area contributed by atoms with Crippen LogP contribution in [0.4, 0.5) is 19.1 Å². The zero-order valence-electron chi connectivity index (χ0n) is 15.8. The third-order valence-electron chi connectivity index (χ3n) is 4.03. The van der Waals surface area contributed by atoms with E-state index in [0.29, 0.717) is 16.6 Å². The quantitative estimate of drug-likeness (QED) is 0.733. The number of halogens is 3. The highest BCUT2D eigenvalue weighted by molar-refractivity contribution is 5.74. The molecule has 0 radical (unpaired) electrons. The third kappa shape index (κ3) is 4.10. The Morgan fingerprint density at radius 1 is 1.21 bits per heavy atom. The largest absolute Gasteiger partial charge is 0.573 e. The maximum Gasteiger partial charge on any atom is 0.573 e. The van der Waals surface area contributed by atoms with Crippen molar-refractivity contribution in [3.05, 3.63) is 46.4 Å². The fourth-order valence-electron chi connectivity index (χ4n) is 2.77. The standard InChI is InChI=1S/C18H20F3N5O2/c1-17(2,3)26-14-12(9-22-26)15(27)24-16(23-14)25(4)10-11-7-5-6-8-13(11)28-18(19,20)21/h5-9H,10H2,1-4H3,(H,23,24,27). The van der Waals surface area contributed by atoms with E-state index in [1.165, 1.54) is 24.4 Å². The summed E-state index contributed by atoms with van der Waals surface area (Å²) in [7, 11) is 1.62. The minimum Gasteiger partial charge on any atom is -0.405 e. The van der Waals surface area contributed by atoms with Crippen LogP contribution in [0.5, 0.6) is 5.75 Å². The first-order valence-electron chi connectivity index (χ1n) is 8.49. The summed E-state index contributed by atoms with van der Waals surface area (Å²) < 4.78 is 43.6. The second-order valence-corrected chi connectivity index (χ2v) is 7.37. The average molecular weight is 395 g/mol. The summed E-state index contributed by atoms with van der Waals surface area (Å²) in [6.45, 7) is 5.83. The molecule has 0 aliphatic carbocycles. The number of hydrogen-bond donors (Lipinski definition) is 1. The van der Waals surface area contributed by atoms with Crippen molar-refractivity contribution in [3.63, 3.8) is 0 Å². The fraction of sp³-hybridized carbons (Fsp3) is 0.389. The molecule has 0 bridgehead atoms. The normalized spacial score (nSPS) is 12.4. The first-order valence-corrected chi connectivity index (χ1v) is 8.49. The smallest absolute Gasteiger partial charge is 0.405 e. The number of H-pyrrole nitrogens is 1. The van der Waals surface area contributed by atoms with E-state index in [-0.39, 0.29) is 23.8 Å². The molecule has 1 N–H and O–H groups in total. The van der Waals surface area contributed by atoms with Gasteiger partial charge in [-0.3, -0.25) is 9.78 Å². The van der Waals surface area contributed by atoms with E-state index in [4.69, 9.17) is 0 Å². The molecule has 150 valence electrons. The van der Waals surface area contributed by atoms with Gasteiger partial charge in [0.05, 0.1) is 11.7 Å². The van der Waals surface area contributed by atoms with Gasteiger partial charge >= 0.3 is 6.36 Å². The second-order valence-electron chi connectivity index (χ2n) is 7.37. The lowest BCUT2D eigenvalue weighted by Gasteiger charge is -2.22. The van der Waals surface area contributed by atoms with Gasteiger partial charge in [-0.2, -0.15) is 10.1 Å². The van der Waals surface area contributed by atoms with E-state index in [2.05, 4.69) is 19.8 Å². The number of aromatic nitrogens is 4. The SMILES string of the molecule is CN(Cc1ccccc1OC(F)(F)F)c1nc2c(cnn2C(C)(C)C)c(=O)[nH]1. The first kappa shape index (κ1) is 19.7. The average Bonchev–Trinajstić information content (AvgIpc) is 3.00. The van der Waals surface area contributed by atoms with Crippen molar-refractivity contribution < 1.29 is 17.9 Å². The minimum absolute atomic E-state index is 0.0460. The van der Waals surface area contributed by atoms with Gasteiger partial charge in [-0.05, 0) is 26.8 Å². The molecule has 2 aromatic heterocycles. The summed E-state index contributed by atoms with van der Waals surface area (Å²) in [5, 5.41) is 4.58. The topological polar surface area (TPSA) is 76.0 Å². The summed E-state index contributed by atoms with van der Waals surface area (Å²) >= 11 is 0. The number of nitrogens with one attached hydrogen (secondary N) is 1. The van der Waals surface area contributed by atoms with Crippen LogP contribution in [-0.4, -0.2) is 33.2 Å². The predicted octanol–water partition coefficient (Wildman–Crippen LogP) is 3.41. The Morgan fingerprint density at radius 2 is 1.89 bits per heavy atom. The summed E-state index contributed by atoms with van der Waals surface area (Å²) in [4.78, 5) is 21.1. The molecular weight excluding hydrogens is 375 g/mol. The first-order chi connectivity index (χ1) is 13.0. The van der Waals surface area contributed by atoms with Gasteiger partial charge in [-0.15, -0.1) is 13.2 Å². The molecule has 0 atom stereocenters. The molecule has 0 unspecified atom stereocenters. The minimum atomic E-state index is -4.79. The Morgan fingerprint density at radius 3 is 2.54 bits per heavy atom. The lowest BCUT2D eigenvalue weighted by molar-refractivity contribution is -0.274. The summed E-state index contributed by atoms with van der Waals surface area (Å²) in [6.07, 6.45) is -3.35. The molecule has 1 aromatic carbocycles. The van der Waals surface area contributed by atoms with Crippen molar-refractivity contribution in [2.24, 2.45) is 0 Å². The van der Waals surface area contributed by atoms with Crippen molar-refractivity contribution in [3.8, 4) is 5.75 Å². The number of ether oxygens (including phenoxy) is 1. The van der Waals surface area contributed by atoms with Crippen LogP contribution in [0.1, 0.15) is 26.3 Å². The molecule has 28 heavy (non-hydrogen) atoms. The van der Waals surface area contributed by atoms with Crippen LogP contribution in [0.15, 0.2) is 35.3 Å². The number of aromatic amines is 1. The van der Waals surface area contributed by atoms with Crippen molar-refractivity contribution in [1.29, 1.82) is 0 Å². The van der Waals surface area contributed by atoms with Crippen molar-refractivity contribution in [2.75, 3.05) is 11.9 Å². The maximum absolute atomic E-state index is 12.6. The molecule has 0 saturated carbocycles. The Kier molecular flexibility index (Phi) is 4.82. The maximum atomic E-state index is 12.6. The van der Waals surface area contributed by atoms with Gasteiger partial charge in [0.1, 0.15) is 11.1 Å². The number of nitrogens with zero attached hydrogens (tertiary/aromatic N) is 4. The Bertz CT molecular complexity index is 1050. The predicted molar refractivity (Wildman–Crippen MR) is 98.4 cm³/mol. The van der Waals surface area contributed by atoms with Gasteiger partial charge in [0.25, 0.3) is 5.56 Å². The Balaban J connectivity index is 1.97. The highest BCUT2D eigenvalue weighted by atomic mass is 19.4. The van der Waals surface area contributed by atoms with Crippen LogP contribution in [-0.2, 0) is 12.1 Å². The highest BCUT2D eigenvalue weighted by Crippen LogP contribution is 2.27. The highest BCUT2D eigenvalue weighted by Gasteiger charge is 2.32. The van der Waals surface area contributed by atoms with Gasteiger partial charge < -0.3 is 9.64 Å². The van der Waals surface area contributed by atoms with E-state index < -0.39 is 11.9 Å².